The van der Waals surface area contributed by atoms with Crippen LogP contribution in [0.25, 0.3) is 0 Å². The standard InChI is InChI=1S/C10H16N2O/c1-13-8-12-5-4-9(7-12)6-11-10-2-3-10/h4-5,7,10-11H,2-3,6,8H2,1H3. The summed E-state index contributed by atoms with van der Waals surface area (Å²) in [5, 5.41) is 3.47. The Hall–Kier alpha value is -0.800. The van der Waals surface area contributed by atoms with Gasteiger partial charge in [-0.2, -0.15) is 0 Å². The van der Waals surface area contributed by atoms with Gasteiger partial charge in [0.05, 0.1) is 0 Å². The molecule has 0 unspecified atom stereocenters. The zero-order chi connectivity index (χ0) is 9.10. The first-order valence-electron chi connectivity index (χ1n) is 4.75. The van der Waals surface area contributed by atoms with Crippen LogP contribution in [0.4, 0.5) is 0 Å². The van der Waals surface area contributed by atoms with E-state index in [0.29, 0.717) is 6.73 Å². The maximum Gasteiger partial charge on any atom is 0.121 e. The summed E-state index contributed by atoms with van der Waals surface area (Å²) < 4.78 is 7.07. The molecule has 0 bridgehead atoms. The van der Waals surface area contributed by atoms with E-state index in [1.807, 2.05) is 10.8 Å². The molecule has 0 amide bonds. The molecule has 0 aromatic carbocycles. The van der Waals surface area contributed by atoms with Crippen LogP contribution in [0.3, 0.4) is 0 Å². The molecular formula is C10H16N2O. The summed E-state index contributed by atoms with van der Waals surface area (Å²) in [5.74, 6) is 0. The molecule has 0 radical (unpaired) electrons. The van der Waals surface area contributed by atoms with Crippen molar-refractivity contribution in [1.29, 1.82) is 0 Å². The summed E-state index contributed by atoms with van der Waals surface area (Å²) in [7, 11) is 1.71. The second kappa shape index (κ2) is 3.94. The fourth-order valence-electron chi connectivity index (χ4n) is 1.37. The third kappa shape index (κ3) is 2.57. The predicted molar refractivity (Wildman–Crippen MR) is 51.3 cm³/mol. The van der Waals surface area contributed by atoms with Crippen molar-refractivity contribution < 1.29 is 4.74 Å². The molecule has 0 aliphatic heterocycles. The lowest BCUT2D eigenvalue weighted by molar-refractivity contribution is 0.131. The largest absolute Gasteiger partial charge is 0.364 e. The van der Waals surface area contributed by atoms with Crippen LogP contribution in [-0.4, -0.2) is 17.7 Å². The normalized spacial score (nSPS) is 16.4. The van der Waals surface area contributed by atoms with Gasteiger partial charge >= 0.3 is 0 Å². The van der Waals surface area contributed by atoms with E-state index >= 15 is 0 Å². The molecule has 72 valence electrons. The van der Waals surface area contributed by atoms with Gasteiger partial charge in [0.25, 0.3) is 0 Å². The lowest BCUT2D eigenvalue weighted by Gasteiger charge is -2.00. The van der Waals surface area contributed by atoms with Gasteiger partial charge in [-0.05, 0) is 24.5 Å². The Morgan fingerprint density at radius 2 is 2.46 bits per heavy atom. The highest BCUT2D eigenvalue weighted by molar-refractivity contribution is 5.10. The first-order chi connectivity index (χ1) is 6.38. The highest BCUT2D eigenvalue weighted by Gasteiger charge is 2.19. The van der Waals surface area contributed by atoms with E-state index in [-0.39, 0.29) is 0 Å². The molecule has 1 fully saturated rings. The minimum absolute atomic E-state index is 0.642. The minimum atomic E-state index is 0.642. The van der Waals surface area contributed by atoms with E-state index in [9.17, 15) is 0 Å². The van der Waals surface area contributed by atoms with E-state index < -0.39 is 0 Å². The average Bonchev–Trinajstić information content (AvgIpc) is 2.85. The maximum absolute atomic E-state index is 5.02. The van der Waals surface area contributed by atoms with Crippen LogP contribution in [0.1, 0.15) is 18.4 Å². The molecule has 1 aliphatic carbocycles. The fourth-order valence-corrected chi connectivity index (χ4v) is 1.37. The average molecular weight is 180 g/mol. The molecular weight excluding hydrogens is 164 g/mol. The lowest BCUT2D eigenvalue weighted by atomic mass is 10.3. The topological polar surface area (TPSA) is 26.2 Å². The molecule has 0 spiro atoms. The monoisotopic (exact) mass is 180 g/mol. The smallest absolute Gasteiger partial charge is 0.121 e. The number of methoxy groups -OCH3 is 1. The van der Waals surface area contributed by atoms with Gasteiger partial charge in [0.2, 0.25) is 0 Å². The van der Waals surface area contributed by atoms with Crippen molar-refractivity contribution in [3.63, 3.8) is 0 Å². The van der Waals surface area contributed by atoms with E-state index in [0.717, 1.165) is 12.6 Å². The number of nitrogens with zero attached hydrogens (tertiary/aromatic N) is 1. The Bertz CT molecular complexity index is 266. The molecule has 1 aromatic heterocycles. The van der Waals surface area contributed by atoms with Gasteiger partial charge < -0.3 is 14.6 Å². The van der Waals surface area contributed by atoms with Gasteiger partial charge in [0.1, 0.15) is 6.73 Å². The number of ether oxygens (including phenoxy) is 1. The number of rotatable bonds is 5. The van der Waals surface area contributed by atoms with Crippen LogP contribution >= 0.6 is 0 Å². The summed E-state index contributed by atoms with van der Waals surface area (Å²) in [6, 6.07) is 2.92. The summed E-state index contributed by atoms with van der Waals surface area (Å²) in [6.07, 6.45) is 6.86. The second-order valence-corrected chi connectivity index (χ2v) is 3.61. The number of hydrogen-bond donors (Lipinski definition) is 1. The van der Waals surface area contributed by atoms with Crippen molar-refractivity contribution in [1.82, 2.24) is 9.88 Å². The Morgan fingerprint density at radius 3 is 3.15 bits per heavy atom. The van der Waals surface area contributed by atoms with E-state index in [4.69, 9.17) is 4.74 Å². The van der Waals surface area contributed by atoms with Crippen molar-refractivity contribution in [2.45, 2.75) is 32.2 Å². The van der Waals surface area contributed by atoms with Crippen LogP contribution in [0.5, 0.6) is 0 Å². The van der Waals surface area contributed by atoms with Crippen molar-refractivity contribution in [3.05, 3.63) is 24.0 Å². The van der Waals surface area contributed by atoms with Crippen molar-refractivity contribution in [3.8, 4) is 0 Å². The quantitative estimate of drug-likeness (QED) is 0.740. The predicted octanol–water partition coefficient (Wildman–Crippen LogP) is 1.34. The van der Waals surface area contributed by atoms with Gasteiger partial charge in [-0.15, -0.1) is 0 Å². The van der Waals surface area contributed by atoms with Crippen LogP contribution in [0, 0.1) is 0 Å². The highest BCUT2D eigenvalue weighted by Crippen LogP contribution is 2.19. The summed E-state index contributed by atoms with van der Waals surface area (Å²) in [6.45, 7) is 1.63. The molecule has 13 heavy (non-hydrogen) atoms. The summed E-state index contributed by atoms with van der Waals surface area (Å²) in [5.41, 5.74) is 1.34. The Morgan fingerprint density at radius 1 is 1.62 bits per heavy atom. The van der Waals surface area contributed by atoms with Gasteiger partial charge in [-0.25, -0.2) is 0 Å². The second-order valence-electron chi connectivity index (χ2n) is 3.61. The third-order valence-electron chi connectivity index (χ3n) is 2.26. The van der Waals surface area contributed by atoms with Crippen LogP contribution in [0.15, 0.2) is 18.5 Å². The molecule has 1 heterocycles. The Kier molecular flexibility index (Phi) is 2.66. The number of hydrogen-bond acceptors (Lipinski definition) is 2. The van der Waals surface area contributed by atoms with Gasteiger partial charge in [0.15, 0.2) is 0 Å². The molecule has 0 saturated heterocycles. The zero-order valence-electron chi connectivity index (χ0n) is 7.99. The van der Waals surface area contributed by atoms with Crippen molar-refractivity contribution in [2.24, 2.45) is 0 Å². The summed E-state index contributed by atoms with van der Waals surface area (Å²) >= 11 is 0. The molecule has 3 nitrogen and oxygen atoms in total. The maximum atomic E-state index is 5.02. The minimum Gasteiger partial charge on any atom is -0.364 e. The van der Waals surface area contributed by atoms with Crippen LogP contribution in [0.2, 0.25) is 0 Å². The number of nitrogens with one attached hydrogen (secondary N) is 1. The molecule has 1 N–H and O–H groups in total. The van der Waals surface area contributed by atoms with E-state index in [2.05, 4.69) is 17.6 Å². The van der Waals surface area contributed by atoms with Crippen molar-refractivity contribution >= 4 is 0 Å². The van der Waals surface area contributed by atoms with Crippen LogP contribution < -0.4 is 5.32 Å². The molecule has 1 aromatic rings. The Balaban J connectivity index is 1.81. The van der Waals surface area contributed by atoms with E-state index in [1.165, 1.54) is 18.4 Å². The van der Waals surface area contributed by atoms with Crippen LogP contribution in [-0.2, 0) is 18.0 Å². The Labute approximate surface area is 78.7 Å². The molecule has 3 heteroatoms. The van der Waals surface area contributed by atoms with Gasteiger partial charge in [-0.1, -0.05) is 0 Å². The zero-order valence-corrected chi connectivity index (χ0v) is 7.99. The van der Waals surface area contributed by atoms with Gasteiger partial charge in [-0.3, -0.25) is 0 Å². The fraction of sp³-hybridized carbons (Fsp3) is 0.600. The molecule has 1 saturated carbocycles. The number of aromatic nitrogens is 1. The highest BCUT2D eigenvalue weighted by atomic mass is 16.5. The first-order valence-corrected chi connectivity index (χ1v) is 4.75. The molecule has 2 rings (SSSR count). The molecule has 0 atom stereocenters. The van der Waals surface area contributed by atoms with Crippen molar-refractivity contribution in [2.75, 3.05) is 7.11 Å². The summed E-state index contributed by atoms with van der Waals surface area (Å²) in [4.78, 5) is 0. The SMILES string of the molecule is COCn1ccc(CNC2CC2)c1. The molecule has 1 aliphatic rings. The first kappa shape index (κ1) is 8.78. The lowest BCUT2D eigenvalue weighted by Crippen LogP contribution is -2.14. The van der Waals surface area contributed by atoms with Gasteiger partial charge in [0, 0.05) is 32.1 Å². The van der Waals surface area contributed by atoms with E-state index in [1.54, 1.807) is 7.11 Å². The third-order valence-corrected chi connectivity index (χ3v) is 2.26.